The number of H-pyrrole nitrogens is 1. The number of methoxy groups -OCH3 is 2. The van der Waals surface area contributed by atoms with Crippen molar-refractivity contribution in [1.82, 2.24) is 20.1 Å². The molecule has 2 N–H and O–H groups in total. The van der Waals surface area contributed by atoms with E-state index >= 15 is 0 Å². The van der Waals surface area contributed by atoms with Crippen LogP contribution >= 0.6 is 0 Å². The molecule has 1 fully saturated rings. The minimum atomic E-state index is -0.318. The number of carbonyl (C=O) groups excluding carboxylic acids is 2. The zero-order chi connectivity index (χ0) is 22.5. The van der Waals surface area contributed by atoms with E-state index in [1.165, 1.54) is 7.11 Å². The van der Waals surface area contributed by atoms with Gasteiger partial charge in [0.05, 0.1) is 31.5 Å². The number of anilines is 1. The van der Waals surface area contributed by atoms with Gasteiger partial charge in [0, 0.05) is 37.1 Å². The Morgan fingerprint density at radius 2 is 1.94 bits per heavy atom. The quantitative estimate of drug-likeness (QED) is 0.616. The summed E-state index contributed by atoms with van der Waals surface area (Å²) >= 11 is 0. The summed E-state index contributed by atoms with van der Waals surface area (Å²) in [6, 6.07) is 10.6. The number of aromatic amines is 1. The molecule has 2 aromatic heterocycles. The van der Waals surface area contributed by atoms with E-state index in [0.717, 1.165) is 12.0 Å². The van der Waals surface area contributed by atoms with E-state index in [1.54, 1.807) is 48.7 Å². The van der Waals surface area contributed by atoms with E-state index in [2.05, 4.69) is 20.5 Å². The van der Waals surface area contributed by atoms with Crippen LogP contribution in [0.5, 0.6) is 11.5 Å². The number of amides is 2. The molecule has 9 nitrogen and oxygen atoms in total. The predicted molar refractivity (Wildman–Crippen MR) is 119 cm³/mol. The first-order valence-corrected chi connectivity index (χ1v) is 10.4. The second-order valence-electron chi connectivity index (χ2n) is 7.55. The number of likely N-dealkylation sites (tertiary alicyclic amines) is 1. The van der Waals surface area contributed by atoms with Gasteiger partial charge < -0.3 is 19.7 Å². The molecular formula is C23H25N5O4. The molecule has 0 unspecified atom stereocenters. The number of aromatic nitrogens is 3. The molecule has 0 radical (unpaired) electrons. The van der Waals surface area contributed by atoms with Gasteiger partial charge in [-0.25, -0.2) is 0 Å². The minimum absolute atomic E-state index is 0.145. The molecule has 2 amide bonds. The molecule has 1 aliphatic rings. The monoisotopic (exact) mass is 435 g/mol. The van der Waals surface area contributed by atoms with E-state index in [0.29, 0.717) is 48.1 Å². The number of piperidine rings is 1. The van der Waals surface area contributed by atoms with Gasteiger partial charge in [-0.05, 0) is 43.2 Å². The van der Waals surface area contributed by atoms with Gasteiger partial charge in [-0.15, -0.1) is 0 Å². The van der Waals surface area contributed by atoms with Crippen LogP contribution in [0.25, 0.3) is 11.3 Å². The average Bonchev–Trinajstić information content (AvgIpc) is 3.35. The van der Waals surface area contributed by atoms with Crippen molar-refractivity contribution in [3.8, 4) is 22.8 Å². The molecule has 3 heterocycles. The highest BCUT2D eigenvalue weighted by molar-refractivity contribution is 5.96. The average molecular weight is 435 g/mol. The second-order valence-corrected chi connectivity index (χ2v) is 7.55. The molecule has 0 bridgehead atoms. The normalized spacial score (nSPS) is 15.8. The fraction of sp³-hybridized carbons (Fsp3) is 0.304. The third-order valence-corrected chi connectivity index (χ3v) is 5.53. The predicted octanol–water partition coefficient (Wildman–Crippen LogP) is 2.98. The molecular weight excluding hydrogens is 410 g/mol. The first-order valence-electron chi connectivity index (χ1n) is 10.4. The van der Waals surface area contributed by atoms with E-state index < -0.39 is 0 Å². The first-order chi connectivity index (χ1) is 15.6. The van der Waals surface area contributed by atoms with Crippen molar-refractivity contribution in [2.24, 2.45) is 5.92 Å². The number of rotatable bonds is 6. The molecule has 3 aromatic rings. The number of carbonyl (C=O) groups is 2. The Kier molecular flexibility index (Phi) is 6.34. The lowest BCUT2D eigenvalue weighted by Gasteiger charge is -2.31. The van der Waals surface area contributed by atoms with Crippen LogP contribution in [0.15, 0.2) is 48.8 Å². The van der Waals surface area contributed by atoms with Gasteiger partial charge in [-0.2, -0.15) is 5.10 Å². The molecule has 0 aliphatic carbocycles. The fourth-order valence-electron chi connectivity index (χ4n) is 3.78. The third-order valence-electron chi connectivity index (χ3n) is 5.53. The summed E-state index contributed by atoms with van der Waals surface area (Å²) in [4.78, 5) is 31.6. The van der Waals surface area contributed by atoms with Crippen molar-refractivity contribution in [1.29, 1.82) is 0 Å². The van der Waals surface area contributed by atoms with Gasteiger partial charge in [0.25, 0.3) is 5.91 Å². The number of nitrogens with zero attached hydrogens (tertiary/aromatic N) is 3. The molecule has 32 heavy (non-hydrogen) atoms. The Morgan fingerprint density at radius 3 is 2.69 bits per heavy atom. The molecule has 1 atom stereocenters. The molecule has 166 valence electrons. The van der Waals surface area contributed by atoms with Crippen LogP contribution < -0.4 is 14.8 Å². The number of nitrogens with one attached hydrogen (secondary N) is 2. The smallest absolute Gasteiger partial charge is 0.271 e. The maximum atomic E-state index is 13.0. The molecule has 0 spiro atoms. The highest BCUT2D eigenvalue weighted by atomic mass is 16.5. The van der Waals surface area contributed by atoms with Crippen molar-refractivity contribution >= 4 is 17.5 Å². The van der Waals surface area contributed by atoms with Gasteiger partial charge in [-0.3, -0.25) is 19.7 Å². The van der Waals surface area contributed by atoms with Crippen LogP contribution in [0.1, 0.15) is 23.3 Å². The summed E-state index contributed by atoms with van der Waals surface area (Å²) in [5.41, 5.74) is 2.51. The Bertz CT molecular complexity index is 1100. The number of hydrogen-bond donors (Lipinski definition) is 2. The van der Waals surface area contributed by atoms with E-state index in [-0.39, 0.29) is 17.7 Å². The van der Waals surface area contributed by atoms with Crippen molar-refractivity contribution in [3.05, 3.63) is 54.5 Å². The van der Waals surface area contributed by atoms with Gasteiger partial charge in [0.2, 0.25) is 5.91 Å². The Hall–Kier alpha value is -3.88. The number of pyridine rings is 1. The maximum Gasteiger partial charge on any atom is 0.271 e. The summed E-state index contributed by atoms with van der Waals surface area (Å²) in [6.07, 6.45) is 4.81. The van der Waals surface area contributed by atoms with Gasteiger partial charge in [0.15, 0.2) is 0 Å². The second kappa shape index (κ2) is 9.51. The summed E-state index contributed by atoms with van der Waals surface area (Å²) < 4.78 is 10.6. The SMILES string of the molecule is COc1ccc(NC(=O)[C@@H]2CCCN(C(=O)c3cc(-c4ccncc4)n[nH]3)C2)c(OC)c1. The first kappa shape index (κ1) is 21.4. The van der Waals surface area contributed by atoms with E-state index in [4.69, 9.17) is 9.47 Å². The molecule has 1 saturated heterocycles. The Balaban J connectivity index is 1.43. The molecule has 1 aromatic carbocycles. The maximum absolute atomic E-state index is 13.0. The van der Waals surface area contributed by atoms with E-state index in [9.17, 15) is 9.59 Å². The minimum Gasteiger partial charge on any atom is -0.497 e. The van der Waals surface area contributed by atoms with Crippen LogP contribution in [0.4, 0.5) is 5.69 Å². The Labute approximate surface area is 185 Å². The fourth-order valence-corrected chi connectivity index (χ4v) is 3.78. The molecule has 9 heteroatoms. The zero-order valence-corrected chi connectivity index (χ0v) is 18.0. The topological polar surface area (TPSA) is 109 Å². The molecule has 1 aliphatic heterocycles. The van der Waals surface area contributed by atoms with Crippen LogP contribution in [-0.4, -0.2) is 59.2 Å². The standard InChI is InChI=1S/C23H25N5O4/c1-31-17-5-6-18(21(12-17)32-2)25-22(29)16-4-3-11-28(14-16)23(30)20-13-19(26-27-20)15-7-9-24-10-8-15/h5-10,12-13,16H,3-4,11,14H2,1-2H3,(H,25,29)(H,26,27)/t16-/m1/s1. The largest absolute Gasteiger partial charge is 0.497 e. The zero-order valence-electron chi connectivity index (χ0n) is 18.0. The van der Waals surface area contributed by atoms with Gasteiger partial charge >= 0.3 is 0 Å². The number of hydrogen-bond acceptors (Lipinski definition) is 6. The van der Waals surface area contributed by atoms with Crippen molar-refractivity contribution < 1.29 is 19.1 Å². The summed E-state index contributed by atoms with van der Waals surface area (Å²) in [5.74, 6) is 0.523. The summed E-state index contributed by atoms with van der Waals surface area (Å²) in [6.45, 7) is 0.935. The third kappa shape index (κ3) is 4.56. The highest BCUT2D eigenvalue weighted by Crippen LogP contribution is 2.30. The van der Waals surface area contributed by atoms with Crippen molar-refractivity contribution in [3.63, 3.8) is 0 Å². The lowest BCUT2D eigenvalue weighted by Crippen LogP contribution is -2.43. The number of ether oxygens (including phenoxy) is 2. The van der Waals surface area contributed by atoms with Crippen LogP contribution in [0.3, 0.4) is 0 Å². The van der Waals surface area contributed by atoms with Gasteiger partial charge in [-0.1, -0.05) is 0 Å². The molecule has 4 rings (SSSR count). The van der Waals surface area contributed by atoms with Crippen LogP contribution in [-0.2, 0) is 4.79 Å². The van der Waals surface area contributed by atoms with Crippen molar-refractivity contribution in [2.75, 3.05) is 32.6 Å². The van der Waals surface area contributed by atoms with E-state index in [1.807, 2.05) is 12.1 Å². The lowest BCUT2D eigenvalue weighted by atomic mass is 9.96. The molecule has 0 saturated carbocycles. The van der Waals surface area contributed by atoms with Crippen LogP contribution in [0, 0.1) is 5.92 Å². The number of benzene rings is 1. The lowest BCUT2D eigenvalue weighted by molar-refractivity contribution is -0.121. The summed E-state index contributed by atoms with van der Waals surface area (Å²) in [5, 5.41) is 9.99. The van der Waals surface area contributed by atoms with Gasteiger partial charge in [0.1, 0.15) is 17.2 Å². The summed E-state index contributed by atoms with van der Waals surface area (Å²) in [7, 11) is 3.11. The Morgan fingerprint density at radius 1 is 1.12 bits per heavy atom. The highest BCUT2D eigenvalue weighted by Gasteiger charge is 2.30. The van der Waals surface area contributed by atoms with Crippen LogP contribution in [0.2, 0.25) is 0 Å². The van der Waals surface area contributed by atoms with Crippen molar-refractivity contribution in [2.45, 2.75) is 12.8 Å².